The monoisotopic (exact) mass is 240 g/mol. The van der Waals surface area contributed by atoms with Crippen LogP contribution in [-0.4, -0.2) is 16.1 Å². The number of nitrogens with zero attached hydrogens (tertiary/aromatic N) is 2. The lowest BCUT2D eigenvalue weighted by molar-refractivity contribution is 0.140. The summed E-state index contributed by atoms with van der Waals surface area (Å²) in [6.07, 6.45) is 9.20. The van der Waals surface area contributed by atoms with Crippen LogP contribution in [0, 0.1) is 11.8 Å². The number of hydrogen-bond acceptors (Lipinski definition) is 3. The summed E-state index contributed by atoms with van der Waals surface area (Å²) in [4.78, 5) is 8.38. The number of aromatic nitrogens is 2. The Morgan fingerprint density at radius 3 is 3.00 bits per heavy atom. The van der Waals surface area contributed by atoms with Gasteiger partial charge in [-0.25, -0.2) is 9.97 Å². The number of hydrogen-bond donors (Lipinski definition) is 0. The summed E-state index contributed by atoms with van der Waals surface area (Å²) in [6.45, 7) is 0. The maximum Gasteiger partial charge on any atom is 0.130 e. The van der Waals surface area contributed by atoms with Crippen molar-refractivity contribution in [2.45, 2.75) is 31.8 Å². The molecule has 1 heterocycles. The van der Waals surface area contributed by atoms with Crippen molar-refractivity contribution >= 4 is 10.9 Å². The molecule has 0 radical (unpaired) electrons. The Hall–Kier alpha value is -1.64. The van der Waals surface area contributed by atoms with Crippen LogP contribution < -0.4 is 4.74 Å². The van der Waals surface area contributed by atoms with Gasteiger partial charge in [0.15, 0.2) is 0 Å². The molecule has 3 heteroatoms. The highest BCUT2D eigenvalue weighted by Crippen LogP contribution is 2.46. The van der Waals surface area contributed by atoms with Gasteiger partial charge < -0.3 is 4.74 Å². The summed E-state index contributed by atoms with van der Waals surface area (Å²) < 4.78 is 6.24. The average Bonchev–Trinajstić information content (AvgIpc) is 3.01. The Labute approximate surface area is 106 Å². The lowest BCUT2D eigenvalue weighted by Crippen LogP contribution is -2.23. The molecule has 4 rings (SSSR count). The summed E-state index contributed by atoms with van der Waals surface area (Å²) in [6, 6.07) is 6.06. The van der Waals surface area contributed by atoms with E-state index in [2.05, 4.69) is 9.97 Å². The molecule has 18 heavy (non-hydrogen) atoms. The standard InChI is InChI=1S/C15H16N2O/c1-2-13-12(8-16-9-17-13)14(3-1)18-15-7-10-4-5-11(15)6-10/h1-3,8-11,15H,4-7H2/t10-,11+,15+/m0/s1. The first-order valence-electron chi connectivity index (χ1n) is 6.75. The van der Waals surface area contributed by atoms with E-state index in [1.165, 1.54) is 25.7 Å². The van der Waals surface area contributed by atoms with Crippen LogP contribution in [0.4, 0.5) is 0 Å². The van der Waals surface area contributed by atoms with Crippen LogP contribution >= 0.6 is 0 Å². The van der Waals surface area contributed by atoms with E-state index >= 15 is 0 Å². The lowest BCUT2D eigenvalue weighted by Gasteiger charge is -2.23. The van der Waals surface area contributed by atoms with Crippen molar-refractivity contribution in [3.05, 3.63) is 30.7 Å². The summed E-state index contributed by atoms with van der Waals surface area (Å²) >= 11 is 0. The quantitative estimate of drug-likeness (QED) is 0.808. The number of fused-ring (bicyclic) bond motifs is 3. The van der Waals surface area contributed by atoms with Gasteiger partial charge in [0.25, 0.3) is 0 Å². The van der Waals surface area contributed by atoms with Crippen LogP contribution in [-0.2, 0) is 0 Å². The zero-order valence-electron chi connectivity index (χ0n) is 10.2. The van der Waals surface area contributed by atoms with Crippen molar-refractivity contribution in [1.82, 2.24) is 9.97 Å². The molecular formula is C15H16N2O. The van der Waals surface area contributed by atoms with Crippen molar-refractivity contribution in [3.8, 4) is 5.75 Å². The molecule has 0 amide bonds. The summed E-state index contributed by atoms with van der Waals surface area (Å²) in [7, 11) is 0. The largest absolute Gasteiger partial charge is 0.489 e. The van der Waals surface area contributed by atoms with E-state index < -0.39 is 0 Å². The molecule has 2 bridgehead atoms. The van der Waals surface area contributed by atoms with Gasteiger partial charge in [-0.05, 0) is 49.7 Å². The van der Waals surface area contributed by atoms with E-state index in [0.29, 0.717) is 6.10 Å². The molecule has 0 N–H and O–H groups in total. The first-order chi connectivity index (χ1) is 8.90. The second-order valence-electron chi connectivity index (χ2n) is 5.54. The minimum atomic E-state index is 0.412. The van der Waals surface area contributed by atoms with Crippen LogP contribution in [0.3, 0.4) is 0 Å². The highest BCUT2D eigenvalue weighted by atomic mass is 16.5. The molecule has 0 saturated heterocycles. The first-order valence-corrected chi connectivity index (χ1v) is 6.75. The third-order valence-corrected chi connectivity index (χ3v) is 4.46. The van der Waals surface area contributed by atoms with Crippen LogP contribution in [0.2, 0.25) is 0 Å². The molecule has 0 aliphatic heterocycles. The number of ether oxygens (including phenoxy) is 1. The van der Waals surface area contributed by atoms with Crippen molar-refractivity contribution < 1.29 is 4.74 Å². The summed E-state index contributed by atoms with van der Waals surface area (Å²) in [5.41, 5.74) is 0.964. The van der Waals surface area contributed by atoms with E-state index in [4.69, 9.17) is 4.74 Å². The molecule has 0 unspecified atom stereocenters. The third-order valence-electron chi connectivity index (χ3n) is 4.46. The second kappa shape index (κ2) is 3.94. The fourth-order valence-corrected chi connectivity index (χ4v) is 3.57. The normalized spacial score (nSPS) is 29.9. The van der Waals surface area contributed by atoms with Gasteiger partial charge >= 0.3 is 0 Å². The van der Waals surface area contributed by atoms with E-state index in [-0.39, 0.29) is 0 Å². The summed E-state index contributed by atoms with van der Waals surface area (Å²) in [5, 5.41) is 1.03. The van der Waals surface area contributed by atoms with Gasteiger partial charge in [0, 0.05) is 6.20 Å². The van der Waals surface area contributed by atoms with Crippen LogP contribution in [0.15, 0.2) is 30.7 Å². The van der Waals surface area contributed by atoms with E-state index in [9.17, 15) is 0 Å². The molecule has 3 atom stereocenters. The molecule has 2 fully saturated rings. The minimum Gasteiger partial charge on any atom is -0.489 e. The van der Waals surface area contributed by atoms with Gasteiger partial charge in [0.2, 0.25) is 0 Å². The van der Waals surface area contributed by atoms with E-state index in [1.54, 1.807) is 6.33 Å². The smallest absolute Gasteiger partial charge is 0.130 e. The summed E-state index contributed by atoms with van der Waals surface area (Å²) in [5.74, 6) is 2.63. The number of benzene rings is 1. The van der Waals surface area contributed by atoms with Gasteiger partial charge in [-0.3, -0.25) is 0 Å². The molecule has 3 nitrogen and oxygen atoms in total. The molecule has 2 aliphatic carbocycles. The van der Waals surface area contributed by atoms with Crippen LogP contribution in [0.25, 0.3) is 10.9 Å². The Balaban J connectivity index is 1.67. The third kappa shape index (κ3) is 1.57. The van der Waals surface area contributed by atoms with Gasteiger partial charge in [-0.1, -0.05) is 6.07 Å². The number of rotatable bonds is 2. The topological polar surface area (TPSA) is 35.0 Å². The molecule has 92 valence electrons. The van der Waals surface area contributed by atoms with Gasteiger partial charge in [-0.15, -0.1) is 0 Å². The van der Waals surface area contributed by atoms with Crippen molar-refractivity contribution in [2.75, 3.05) is 0 Å². The maximum absolute atomic E-state index is 6.24. The fourth-order valence-electron chi connectivity index (χ4n) is 3.57. The maximum atomic E-state index is 6.24. The molecule has 2 aliphatic rings. The molecule has 1 aromatic heterocycles. The van der Waals surface area contributed by atoms with Crippen molar-refractivity contribution in [3.63, 3.8) is 0 Å². The lowest BCUT2D eigenvalue weighted by atomic mass is 9.97. The average molecular weight is 240 g/mol. The molecule has 2 aromatic rings. The van der Waals surface area contributed by atoms with Crippen molar-refractivity contribution in [1.29, 1.82) is 0 Å². The van der Waals surface area contributed by atoms with Gasteiger partial charge in [0.1, 0.15) is 18.2 Å². The highest BCUT2D eigenvalue weighted by Gasteiger charge is 2.41. The Morgan fingerprint density at radius 2 is 2.17 bits per heavy atom. The Kier molecular flexibility index (Phi) is 2.25. The van der Waals surface area contributed by atoms with Crippen molar-refractivity contribution in [2.24, 2.45) is 11.8 Å². The van der Waals surface area contributed by atoms with E-state index in [0.717, 1.165) is 28.5 Å². The SMILES string of the molecule is c1cc(O[C@@H]2C[C@H]3CC[C@@H]2C3)c2cncnc2c1. The Bertz CT molecular complexity index is 578. The zero-order chi connectivity index (χ0) is 11.9. The van der Waals surface area contributed by atoms with Gasteiger partial charge in [0.05, 0.1) is 10.9 Å². The van der Waals surface area contributed by atoms with E-state index in [1.807, 2.05) is 24.4 Å². The first kappa shape index (κ1) is 10.3. The fraction of sp³-hybridized carbons (Fsp3) is 0.467. The molecule has 1 aromatic carbocycles. The predicted octanol–water partition coefficient (Wildman–Crippen LogP) is 3.20. The van der Waals surface area contributed by atoms with Gasteiger partial charge in [-0.2, -0.15) is 0 Å². The Morgan fingerprint density at radius 1 is 1.17 bits per heavy atom. The van der Waals surface area contributed by atoms with Crippen LogP contribution in [0.5, 0.6) is 5.75 Å². The highest BCUT2D eigenvalue weighted by molar-refractivity contribution is 5.83. The second-order valence-corrected chi connectivity index (χ2v) is 5.54. The molecule has 0 spiro atoms. The zero-order valence-corrected chi connectivity index (χ0v) is 10.2. The minimum absolute atomic E-state index is 0.412. The predicted molar refractivity (Wildman–Crippen MR) is 69.4 cm³/mol. The van der Waals surface area contributed by atoms with Crippen LogP contribution in [0.1, 0.15) is 25.7 Å². The molecular weight excluding hydrogens is 224 g/mol. The molecule has 2 saturated carbocycles.